The molecule has 89 heavy (non-hydrogen) atoms. The van der Waals surface area contributed by atoms with Gasteiger partial charge in [-0.2, -0.15) is 0 Å². The maximum Gasteiger partial charge on any atom is 0.173 e. The number of ether oxygens (including phenoxy) is 1. The Bertz CT molecular complexity index is 3700. The summed E-state index contributed by atoms with van der Waals surface area (Å²) in [6.07, 6.45) is 13.0. The number of rotatable bonds is 8. The van der Waals surface area contributed by atoms with Crippen molar-refractivity contribution in [3.63, 3.8) is 0 Å². The van der Waals surface area contributed by atoms with Crippen molar-refractivity contribution in [2.75, 3.05) is 32.1 Å². The van der Waals surface area contributed by atoms with Crippen LogP contribution in [0.25, 0.3) is 10.8 Å². The van der Waals surface area contributed by atoms with E-state index in [1.165, 1.54) is 7.11 Å². The normalized spacial score (nSPS) is 27.9. The number of phenolic OH excluding ortho intramolecular Hbond substituents is 2. The average Bonchev–Trinajstić information content (AvgIpc) is 2.16. The summed E-state index contributed by atoms with van der Waals surface area (Å²) in [4.78, 5) is 33.4. The molecule has 5 aromatic carbocycles. The van der Waals surface area contributed by atoms with Crippen molar-refractivity contribution in [3.8, 4) is 34.8 Å². The number of ketones is 2. The summed E-state index contributed by atoms with van der Waals surface area (Å²) in [7, 11) is 1.48. The largest absolute Gasteiger partial charge is 0.508 e. The Morgan fingerprint density at radius 3 is 2.39 bits per heavy atom. The first-order valence-electron chi connectivity index (χ1n) is 32.3. The first kappa shape index (κ1) is 62.9. The minimum absolute atomic E-state index is 0.0201. The quantitative estimate of drug-likeness (QED) is 0.0387. The SMILES string of the molecule is CCC[C@@H]1[C@H]2C[C@@H](CC3=CCNC(=C3)Nc3ccc4ccc(c(O)c4c3)C[C@H](O)CNC[C@H](C)c3c[nH]c(c3)C[C@H]1O)C[C@@H]1C#C[C@H](c3ccccc3[C@@H]3C=C[C@@H](Cc4cccc(O)c4CO)[C@H](C)C3)c3cc(O)c(OC)cc3CCC(=O)[C@H](O)C(=O)[C@H]1C2. The molecule has 1 aromatic heterocycles. The second-order valence-electron chi connectivity index (χ2n) is 26.2. The monoisotopic (exact) mass is 1200 g/mol. The van der Waals surface area contributed by atoms with Crippen LogP contribution in [0.3, 0.4) is 0 Å². The molecular weight excluding hydrogens is 1120 g/mol. The molecule has 9 bridgehead atoms. The van der Waals surface area contributed by atoms with Crippen molar-refractivity contribution in [3.05, 3.63) is 183 Å². The number of carbonyl (C=O) groups excluding carboxylic acids is 2. The van der Waals surface area contributed by atoms with Crippen LogP contribution < -0.4 is 20.7 Å². The molecule has 1 saturated carbocycles. The summed E-state index contributed by atoms with van der Waals surface area (Å²) in [5.41, 5.74) is 9.35. The Hall–Kier alpha value is -7.64. The molecule has 2 aliphatic heterocycles. The van der Waals surface area contributed by atoms with Crippen LogP contribution in [-0.2, 0) is 41.9 Å². The Morgan fingerprint density at radius 1 is 0.775 bits per heavy atom. The van der Waals surface area contributed by atoms with Gasteiger partial charge in [0, 0.05) is 85.2 Å². The van der Waals surface area contributed by atoms with E-state index in [0.717, 1.165) is 63.3 Å². The average molecular weight is 1210 g/mol. The molecule has 6 aromatic rings. The molecule has 0 unspecified atom stereocenters. The first-order valence-corrected chi connectivity index (χ1v) is 32.3. The van der Waals surface area contributed by atoms with E-state index in [-0.39, 0.29) is 90.3 Å². The number of aromatic hydroxyl groups is 3. The van der Waals surface area contributed by atoms with Crippen LogP contribution >= 0.6 is 0 Å². The van der Waals surface area contributed by atoms with E-state index in [9.17, 15) is 40.5 Å². The molecule has 11 rings (SSSR count). The second-order valence-corrected chi connectivity index (χ2v) is 26.2. The minimum Gasteiger partial charge on any atom is -0.508 e. The van der Waals surface area contributed by atoms with Crippen molar-refractivity contribution < 1.29 is 50.1 Å². The fourth-order valence-electron chi connectivity index (χ4n) is 15.3. The molecule has 3 aliphatic carbocycles. The highest BCUT2D eigenvalue weighted by Gasteiger charge is 2.44. The van der Waals surface area contributed by atoms with E-state index in [1.54, 1.807) is 18.2 Å². The molecule has 14 nitrogen and oxygen atoms in total. The number of benzene rings is 5. The van der Waals surface area contributed by atoms with Gasteiger partial charge in [0.1, 0.15) is 17.3 Å². The number of methoxy groups -OCH3 is 1. The highest BCUT2D eigenvalue weighted by atomic mass is 16.5. The summed E-state index contributed by atoms with van der Waals surface area (Å²) in [5.74, 6) is 5.43. The lowest BCUT2D eigenvalue weighted by molar-refractivity contribution is -0.142. The van der Waals surface area contributed by atoms with E-state index in [2.05, 4.69) is 96.0 Å². The number of H-pyrrole nitrogens is 1. The van der Waals surface area contributed by atoms with Gasteiger partial charge in [-0.15, -0.1) is 0 Å². The molecule has 1 fully saturated rings. The minimum atomic E-state index is -1.89. The smallest absolute Gasteiger partial charge is 0.173 e. The number of aryl methyl sites for hydroxylation is 1. The fraction of sp³-hybridized carbons (Fsp3) is 0.440. The maximum atomic E-state index is 15.4. The summed E-state index contributed by atoms with van der Waals surface area (Å²) < 4.78 is 5.67. The Labute approximate surface area is 523 Å². The van der Waals surface area contributed by atoms with Gasteiger partial charge >= 0.3 is 0 Å². The molecule has 11 N–H and O–H groups in total. The zero-order valence-corrected chi connectivity index (χ0v) is 51.7. The van der Waals surface area contributed by atoms with Gasteiger partial charge < -0.3 is 61.4 Å². The van der Waals surface area contributed by atoms with Crippen LogP contribution in [-0.4, -0.2) is 97.4 Å². The van der Waals surface area contributed by atoms with E-state index in [4.69, 9.17) is 4.74 Å². The van der Waals surface area contributed by atoms with Crippen LogP contribution in [0.1, 0.15) is 140 Å². The van der Waals surface area contributed by atoms with Crippen LogP contribution in [0.5, 0.6) is 23.0 Å². The van der Waals surface area contributed by atoms with Crippen molar-refractivity contribution in [1.82, 2.24) is 15.6 Å². The van der Waals surface area contributed by atoms with Gasteiger partial charge in [0.15, 0.2) is 29.2 Å². The molecule has 0 spiro atoms. The number of aromatic amines is 1. The number of fused-ring (bicyclic) bond motifs is 9. The zero-order valence-electron chi connectivity index (χ0n) is 51.7. The topological polar surface area (TPSA) is 237 Å². The molecule has 0 amide bonds. The van der Waals surface area contributed by atoms with Gasteiger partial charge in [0.25, 0.3) is 0 Å². The number of aliphatic hydroxyl groups excluding tert-OH is 4. The van der Waals surface area contributed by atoms with Gasteiger partial charge in [-0.1, -0.05) is 112 Å². The van der Waals surface area contributed by atoms with Gasteiger partial charge in [-0.05, 0) is 179 Å². The summed E-state index contributed by atoms with van der Waals surface area (Å²) in [5, 5.41) is 92.1. The van der Waals surface area contributed by atoms with Crippen LogP contribution in [0.15, 0.2) is 133 Å². The lowest BCUT2D eigenvalue weighted by Crippen LogP contribution is -2.40. The summed E-state index contributed by atoms with van der Waals surface area (Å²) in [6.45, 7) is 7.70. The predicted molar refractivity (Wildman–Crippen MR) is 348 cm³/mol. The van der Waals surface area contributed by atoms with Gasteiger partial charge in [0.2, 0.25) is 0 Å². The molecule has 13 atom stereocenters. The third kappa shape index (κ3) is 14.2. The molecule has 3 heterocycles. The number of hydrogen-bond acceptors (Lipinski definition) is 13. The standard InChI is InChI=1S/C75H88N4O10/c1-5-9-60-54-29-46(27-45-24-25-77-72(30-45)79-56-21-18-47-14-17-53(73(86)65(47)36-56)33-58(81)41-76-39-44(3)55-32-57(78-40-55)37-69(60)84)28-51-19-22-62(63-38-70(85)71(89-4)35-52(63)20-23-68(83)75(88)74(87)64(51)34-54)61-12-7-6-11-59(61)50-16-15-48(43(2)26-50)31-49-10-8-13-67(82)66(49)42-80/h6-8,10-18,21,24,30,32,35-36,38,40,43-44,46,48,50-51,54,58,60,62,64,69,75-82,84-86,88H,5,9,20,23,25-29,31,33-34,37,39,41-42H2,1-4H3/t43-,44+,46+,48+,50-,51+,54+,58+,60-,62-,64+,69-,75+/m1/s1. The van der Waals surface area contributed by atoms with Crippen molar-refractivity contribution in [1.29, 1.82) is 0 Å². The third-order valence-electron chi connectivity index (χ3n) is 20.2. The lowest BCUT2D eigenvalue weighted by atomic mass is 9.72. The number of aliphatic hydroxyl groups is 4. The second kappa shape index (κ2) is 28.0. The van der Waals surface area contributed by atoms with Gasteiger partial charge in [-0.25, -0.2) is 0 Å². The highest BCUT2D eigenvalue weighted by molar-refractivity contribution is 6.06. The summed E-state index contributed by atoms with van der Waals surface area (Å²) in [6, 6.07) is 29.0. The Kier molecular flexibility index (Phi) is 19.8. The van der Waals surface area contributed by atoms with E-state index >= 15 is 4.79 Å². The number of dihydropyridines is 1. The number of carbonyl (C=O) groups is 2. The van der Waals surface area contributed by atoms with Crippen molar-refractivity contribution in [2.24, 2.45) is 41.4 Å². The van der Waals surface area contributed by atoms with Crippen LogP contribution in [0, 0.1) is 53.3 Å². The Morgan fingerprint density at radius 2 is 1.60 bits per heavy atom. The number of hydrogen-bond donors (Lipinski definition) is 11. The number of nitrogens with one attached hydrogen (secondary N) is 4. The van der Waals surface area contributed by atoms with Crippen molar-refractivity contribution in [2.45, 2.75) is 140 Å². The van der Waals surface area contributed by atoms with E-state index < -0.39 is 47.6 Å². The van der Waals surface area contributed by atoms with Crippen LogP contribution in [0.2, 0.25) is 0 Å². The number of anilines is 1. The summed E-state index contributed by atoms with van der Waals surface area (Å²) >= 11 is 0. The number of aromatic nitrogens is 1. The lowest BCUT2D eigenvalue weighted by Gasteiger charge is -2.33. The highest BCUT2D eigenvalue weighted by Crippen LogP contribution is 2.47. The zero-order chi connectivity index (χ0) is 62.5. The molecule has 5 aliphatic rings. The Balaban J connectivity index is 1.01. The molecule has 0 radical (unpaired) electrons. The number of allylic oxidation sites excluding steroid dienone is 4. The third-order valence-corrected chi connectivity index (χ3v) is 20.2. The number of Topliss-reactive ketones (excluding diaryl/α,β-unsaturated/α-hetero) is 2. The number of β-amino-alcohol motifs (C(OH)–C–C–N with tert-alkyl or cyclic N) is 1. The van der Waals surface area contributed by atoms with E-state index in [0.29, 0.717) is 92.2 Å². The van der Waals surface area contributed by atoms with Crippen LogP contribution in [0.4, 0.5) is 5.69 Å². The molecular formula is C75H88N4O10. The predicted octanol–water partition coefficient (Wildman–Crippen LogP) is 11.1. The van der Waals surface area contributed by atoms with E-state index in [1.807, 2.05) is 60.8 Å². The fourth-order valence-corrected chi connectivity index (χ4v) is 15.3. The van der Waals surface area contributed by atoms with Gasteiger partial charge in [0.05, 0.1) is 31.8 Å². The van der Waals surface area contributed by atoms with Gasteiger partial charge in [-0.3, -0.25) is 9.59 Å². The van der Waals surface area contributed by atoms with Crippen molar-refractivity contribution >= 4 is 28.0 Å². The first-order chi connectivity index (χ1) is 43.0. The maximum absolute atomic E-state index is 15.4. The molecule has 0 saturated heterocycles. The number of phenols is 3. The molecule has 468 valence electrons. The molecule has 14 heteroatoms.